The molecule has 0 saturated carbocycles. The monoisotopic (exact) mass is 426 g/mol. The number of rotatable bonds is 6. The number of aliphatic carboxylic acids is 1. The Kier molecular flexibility index (Phi) is 22.2. The zero-order chi connectivity index (χ0) is 23.3. The fraction of sp³-hybridized carbons (Fsp3) is 0.500. The van der Waals surface area contributed by atoms with Gasteiger partial charge in [0.05, 0.1) is 22.8 Å². The third kappa shape index (κ3) is 14.4. The molecular formula is C22H38N2O4S. The van der Waals surface area contributed by atoms with Crippen LogP contribution >= 0.6 is 0 Å². The van der Waals surface area contributed by atoms with Gasteiger partial charge in [0.15, 0.2) is 9.84 Å². The molecular weight excluding hydrogens is 388 g/mol. The molecule has 0 amide bonds. The minimum atomic E-state index is -3.42. The SMILES string of the molecule is CC.CC.CC.CC.O=C(O)Cc1ccc(S(=O)(=O)CCc2cnccn2)cc1. The number of hydrogen-bond donors (Lipinski definition) is 1. The number of carboxylic acids is 1. The number of aryl methyl sites for hydroxylation is 1. The number of nitrogens with zero attached hydrogens (tertiary/aromatic N) is 2. The molecule has 6 nitrogen and oxygen atoms in total. The Morgan fingerprint density at radius 2 is 1.41 bits per heavy atom. The van der Waals surface area contributed by atoms with Gasteiger partial charge in [-0.3, -0.25) is 14.8 Å². The second-order valence-corrected chi connectivity index (χ2v) is 6.59. The summed E-state index contributed by atoms with van der Waals surface area (Å²) in [5.41, 5.74) is 1.18. The summed E-state index contributed by atoms with van der Waals surface area (Å²) in [6.07, 6.45) is 4.74. The molecule has 0 aliphatic heterocycles. The second kappa shape index (κ2) is 20.5. The van der Waals surface area contributed by atoms with Crippen LogP contribution in [0.5, 0.6) is 0 Å². The van der Waals surface area contributed by atoms with Crippen molar-refractivity contribution in [2.45, 2.75) is 73.1 Å². The standard InChI is InChI=1S/C14H14N2O4S.4C2H6/c17-14(18)9-11-1-3-13(4-2-11)21(19,20)8-5-12-10-15-6-7-16-12;4*1-2/h1-4,6-7,10H,5,8-9H2,(H,17,18);4*1-2H3. The quantitative estimate of drug-likeness (QED) is 0.679. The second-order valence-electron chi connectivity index (χ2n) is 4.48. The molecule has 7 heteroatoms. The lowest BCUT2D eigenvalue weighted by Gasteiger charge is -2.05. The average molecular weight is 427 g/mol. The van der Waals surface area contributed by atoms with Gasteiger partial charge in [-0.15, -0.1) is 0 Å². The number of hydrogen-bond acceptors (Lipinski definition) is 5. The first-order valence-electron chi connectivity index (χ1n) is 10.3. The van der Waals surface area contributed by atoms with Gasteiger partial charge in [0.25, 0.3) is 0 Å². The van der Waals surface area contributed by atoms with Crippen LogP contribution in [0.25, 0.3) is 0 Å². The summed E-state index contributed by atoms with van der Waals surface area (Å²) in [4.78, 5) is 18.7. The van der Waals surface area contributed by atoms with Gasteiger partial charge in [0.1, 0.15) is 0 Å². The first-order chi connectivity index (χ1) is 14.0. The Morgan fingerprint density at radius 1 is 0.897 bits per heavy atom. The van der Waals surface area contributed by atoms with Gasteiger partial charge in [-0.05, 0) is 17.7 Å². The fourth-order valence-corrected chi connectivity index (χ4v) is 3.07. The van der Waals surface area contributed by atoms with Crippen LogP contribution in [0.2, 0.25) is 0 Å². The summed E-state index contributed by atoms with van der Waals surface area (Å²) in [5, 5.41) is 8.68. The van der Waals surface area contributed by atoms with Crippen molar-refractivity contribution in [1.82, 2.24) is 9.97 Å². The topological polar surface area (TPSA) is 97.2 Å². The first-order valence-corrected chi connectivity index (χ1v) is 11.9. The summed E-state index contributed by atoms with van der Waals surface area (Å²) in [7, 11) is -3.42. The van der Waals surface area contributed by atoms with E-state index >= 15 is 0 Å². The number of carboxylic acid groups (broad SMARTS) is 1. The van der Waals surface area contributed by atoms with Gasteiger partial charge < -0.3 is 5.11 Å². The van der Waals surface area contributed by atoms with Crippen molar-refractivity contribution in [3.63, 3.8) is 0 Å². The van der Waals surface area contributed by atoms with E-state index in [2.05, 4.69) is 9.97 Å². The van der Waals surface area contributed by atoms with Gasteiger partial charge in [0, 0.05) is 25.0 Å². The van der Waals surface area contributed by atoms with Crippen LogP contribution in [0.15, 0.2) is 47.8 Å². The van der Waals surface area contributed by atoms with Crippen LogP contribution in [0.1, 0.15) is 66.6 Å². The van der Waals surface area contributed by atoms with E-state index in [1.165, 1.54) is 42.9 Å². The third-order valence-corrected chi connectivity index (χ3v) is 4.61. The minimum Gasteiger partial charge on any atom is -0.481 e. The van der Waals surface area contributed by atoms with Crippen LogP contribution in [-0.4, -0.2) is 35.2 Å². The van der Waals surface area contributed by atoms with Crippen molar-refractivity contribution >= 4 is 15.8 Å². The Bertz CT molecular complexity index is 716. The first kappa shape index (κ1) is 31.4. The number of aromatic nitrogens is 2. The van der Waals surface area contributed by atoms with Crippen LogP contribution in [-0.2, 0) is 27.5 Å². The third-order valence-electron chi connectivity index (χ3n) is 2.88. The molecule has 0 atom stereocenters. The molecule has 1 aromatic heterocycles. The largest absolute Gasteiger partial charge is 0.481 e. The molecule has 166 valence electrons. The van der Waals surface area contributed by atoms with E-state index in [1.807, 2.05) is 55.4 Å². The molecule has 1 heterocycles. The summed E-state index contributed by atoms with van der Waals surface area (Å²) >= 11 is 0. The van der Waals surface area contributed by atoms with Crippen molar-refractivity contribution in [3.8, 4) is 0 Å². The van der Waals surface area contributed by atoms with E-state index in [4.69, 9.17) is 5.11 Å². The van der Waals surface area contributed by atoms with E-state index < -0.39 is 15.8 Å². The van der Waals surface area contributed by atoms with Crippen molar-refractivity contribution in [3.05, 3.63) is 54.1 Å². The maximum absolute atomic E-state index is 12.2. The lowest BCUT2D eigenvalue weighted by Crippen LogP contribution is -2.10. The van der Waals surface area contributed by atoms with Crippen LogP contribution in [0.4, 0.5) is 0 Å². The molecule has 0 saturated heterocycles. The van der Waals surface area contributed by atoms with E-state index in [0.717, 1.165) is 0 Å². The molecule has 0 radical (unpaired) electrons. The molecule has 1 aromatic carbocycles. The Morgan fingerprint density at radius 3 is 1.83 bits per heavy atom. The Balaban J connectivity index is -0.000000754. The highest BCUT2D eigenvalue weighted by Gasteiger charge is 2.15. The van der Waals surface area contributed by atoms with Gasteiger partial charge >= 0.3 is 5.97 Å². The summed E-state index contributed by atoms with van der Waals surface area (Å²) in [5.74, 6) is -1.02. The van der Waals surface area contributed by atoms with Gasteiger partial charge in [0.2, 0.25) is 0 Å². The molecule has 0 bridgehead atoms. The van der Waals surface area contributed by atoms with E-state index in [9.17, 15) is 13.2 Å². The predicted octanol–water partition coefficient (Wildman–Crippen LogP) is 5.22. The highest BCUT2D eigenvalue weighted by Crippen LogP contribution is 2.14. The zero-order valence-electron chi connectivity index (χ0n) is 19.1. The molecule has 1 N–H and O–H groups in total. The van der Waals surface area contributed by atoms with Gasteiger partial charge in [-0.2, -0.15) is 0 Å². The number of sulfone groups is 1. The molecule has 0 unspecified atom stereocenters. The summed E-state index contributed by atoms with van der Waals surface area (Å²) < 4.78 is 24.3. The summed E-state index contributed by atoms with van der Waals surface area (Å²) in [6.45, 7) is 16.0. The van der Waals surface area contributed by atoms with Crippen molar-refractivity contribution in [2.75, 3.05) is 5.75 Å². The van der Waals surface area contributed by atoms with Crippen LogP contribution in [0.3, 0.4) is 0 Å². The molecule has 0 aliphatic rings. The van der Waals surface area contributed by atoms with E-state index in [0.29, 0.717) is 11.3 Å². The Hall–Kier alpha value is -2.28. The lowest BCUT2D eigenvalue weighted by atomic mass is 10.2. The summed E-state index contributed by atoms with van der Waals surface area (Å²) in [6, 6.07) is 5.90. The number of carbonyl (C=O) groups is 1. The zero-order valence-corrected chi connectivity index (χ0v) is 20.0. The van der Waals surface area contributed by atoms with Crippen LogP contribution < -0.4 is 0 Å². The highest BCUT2D eigenvalue weighted by atomic mass is 32.2. The molecule has 0 fully saturated rings. The van der Waals surface area contributed by atoms with Crippen molar-refractivity contribution in [2.24, 2.45) is 0 Å². The van der Waals surface area contributed by atoms with Gasteiger partial charge in [-0.25, -0.2) is 8.42 Å². The van der Waals surface area contributed by atoms with Gasteiger partial charge in [-0.1, -0.05) is 67.5 Å². The molecule has 0 spiro atoms. The van der Waals surface area contributed by atoms with Crippen molar-refractivity contribution < 1.29 is 18.3 Å². The van der Waals surface area contributed by atoms with Crippen molar-refractivity contribution in [1.29, 1.82) is 0 Å². The fourth-order valence-electron chi connectivity index (χ4n) is 1.81. The van der Waals surface area contributed by atoms with E-state index in [1.54, 1.807) is 0 Å². The maximum atomic E-state index is 12.2. The molecule has 2 rings (SSSR count). The molecule has 2 aromatic rings. The number of benzene rings is 1. The van der Waals surface area contributed by atoms with Crippen LogP contribution in [0, 0.1) is 0 Å². The minimum absolute atomic E-state index is 0.0655. The lowest BCUT2D eigenvalue weighted by molar-refractivity contribution is -0.136. The molecule has 29 heavy (non-hydrogen) atoms. The normalized spacial score (nSPS) is 8.97. The average Bonchev–Trinajstić information content (AvgIpc) is 2.79. The molecule has 0 aliphatic carbocycles. The Labute approximate surface area is 177 Å². The smallest absolute Gasteiger partial charge is 0.307 e. The maximum Gasteiger partial charge on any atom is 0.307 e. The predicted molar refractivity (Wildman–Crippen MR) is 121 cm³/mol. The highest BCUT2D eigenvalue weighted by molar-refractivity contribution is 7.91. The van der Waals surface area contributed by atoms with E-state index in [-0.39, 0.29) is 23.5 Å².